The highest BCUT2D eigenvalue weighted by Gasteiger charge is 2.21. The van der Waals surface area contributed by atoms with E-state index in [1.165, 1.54) is 0 Å². The van der Waals surface area contributed by atoms with Gasteiger partial charge in [-0.3, -0.25) is 0 Å². The molecule has 0 spiro atoms. The zero-order chi connectivity index (χ0) is 15.3. The van der Waals surface area contributed by atoms with Gasteiger partial charge in [-0.25, -0.2) is 0 Å². The van der Waals surface area contributed by atoms with Gasteiger partial charge in [-0.2, -0.15) is 15.0 Å². The van der Waals surface area contributed by atoms with Crippen LogP contribution in [-0.2, 0) is 0 Å². The van der Waals surface area contributed by atoms with Crippen LogP contribution in [0.1, 0.15) is 26.7 Å². The van der Waals surface area contributed by atoms with Crippen LogP contribution in [0.15, 0.2) is 0 Å². The van der Waals surface area contributed by atoms with E-state index in [-0.39, 0.29) is 13.2 Å². The average Bonchev–Trinajstić information content (AvgIpc) is 3.00. The van der Waals surface area contributed by atoms with Crippen molar-refractivity contribution < 1.29 is 10.2 Å². The molecule has 8 nitrogen and oxygen atoms in total. The first-order valence-electron chi connectivity index (χ1n) is 7.36. The molecule has 0 bridgehead atoms. The van der Waals surface area contributed by atoms with E-state index in [1.807, 2.05) is 6.92 Å². The highest BCUT2D eigenvalue weighted by atomic mass is 16.3. The zero-order valence-electron chi connectivity index (χ0n) is 12.6. The summed E-state index contributed by atoms with van der Waals surface area (Å²) in [6, 6.07) is 0. The fraction of sp³-hybridized carbons (Fsp3) is 0.769. The Balaban J connectivity index is 2.14. The SMILES string of the molecule is CCNc1nc(NCC(C)(O)CO)nc(N2CCCC2)n1. The fourth-order valence-electron chi connectivity index (χ4n) is 2.06. The maximum absolute atomic E-state index is 9.83. The van der Waals surface area contributed by atoms with Gasteiger partial charge in [0.05, 0.1) is 6.61 Å². The van der Waals surface area contributed by atoms with Crippen molar-refractivity contribution in [2.24, 2.45) is 0 Å². The van der Waals surface area contributed by atoms with Crippen molar-refractivity contribution in [3.05, 3.63) is 0 Å². The van der Waals surface area contributed by atoms with E-state index in [0.29, 0.717) is 17.8 Å². The summed E-state index contributed by atoms with van der Waals surface area (Å²) in [6.45, 7) is 5.98. The number of aliphatic hydroxyl groups is 2. The Kier molecular flexibility index (Phi) is 5.13. The van der Waals surface area contributed by atoms with E-state index in [0.717, 1.165) is 32.5 Å². The Bertz CT molecular complexity index is 462. The van der Waals surface area contributed by atoms with Gasteiger partial charge in [0.15, 0.2) is 0 Å². The summed E-state index contributed by atoms with van der Waals surface area (Å²) in [6.07, 6.45) is 2.29. The minimum absolute atomic E-state index is 0.165. The minimum atomic E-state index is -1.21. The van der Waals surface area contributed by atoms with Crippen molar-refractivity contribution in [3.63, 3.8) is 0 Å². The Morgan fingerprint density at radius 1 is 1.14 bits per heavy atom. The summed E-state index contributed by atoms with van der Waals surface area (Å²) in [7, 11) is 0. The molecule has 1 aliphatic rings. The topological polar surface area (TPSA) is 106 Å². The molecule has 0 aromatic carbocycles. The average molecular weight is 296 g/mol. The van der Waals surface area contributed by atoms with Crippen LogP contribution in [0.5, 0.6) is 0 Å². The summed E-state index contributed by atoms with van der Waals surface area (Å²) >= 11 is 0. The van der Waals surface area contributed by atoms with Gasteiger partial charge in [-0.05, 0) is 26.7 Å². The normalized spacial score (nSPS) is 17.6. The fourth-order valence-corrected chi connectivity index (χ4v) is 2.06. The zero-order valence-corrected chi connectivity index (χ0v) is 12.6. The molecule has 8 heteroatoms. The van der Waals surface area contributed by atoms with Crippen LogP contribution in [0.4, 0.5) is 17.8 Å². The number of aromatic nitrogens is 3. The predicted molar refractivity (Wildman–Crippen MR) is 81.6 cm³/mol. The van der Waals surface area contributed by atoms with Crippen LogP contribution >= 0.6 is 0 Å². The summed E-state index contributed by atoms with van der Waals surface area (Å²) in [5.41, 5.74) is -1.21. The molecule has 0 aliphatic carbocycles. The molecule has 1 unspecified atom stereocenters. The van der Waals surface area contributed by atoms with Gasteiger partial charge in [-0.15, -0.1) is 0 Å². The van der Waals surface area contributed by atoms with E-state index >= 15 is 0 Å². The van der Waals surface area contributed by atoms with Crippen LogP contribution < -0.4 is 15.5 Å². The first kappa shape index (κ1) is 15.7. The predicted octanol–water partition coefficient (Wildman–Crippen LogP) is 0.0588. The van der Waals surface area contributed by atoms with Crippen molar-refractivity contribution in [1.82, 2.24) is 15.0 Å². The monoisotopic (exact) mass is 296 g/mol. The van der Waals surface area contributed by atoms with Gasteiger partial charge >= 0.3 is 0 Å². The molecule has 21 heavy (non-hydrogen) atoms. The van der Waals surface area contributed by atoms with E-state index in [9.17, 15) is 5.11 Å². The van der Waals surface area contributed by atoms with Gasteiger partial charge in [0, 0.05) is 26.2 Å². The number of nitrogens with zero attached hydrogens (tertiary/aromatic N) is 4. The first-order valence-corrected chi connectivity index (χ1v) is 7.36. The molecule has 1 saturated heterocycles. The second-order valence-electron chi connectivity index (χ2n) is 5.52. The van der Waals surface area contributed by atoms with E-state index < -0.39 is 5.60 Å². The summed E-state index contributed by atoms with van der Waals surface area (Å²) in [5, 5.41) is 24.9. The van der Waals surface area contributed by atoms with Gasteiger partial charge in [0.25, 0.3) is 0 Å². The van der Waals surface area contributed by atoms with Crippen LogP contribution in [0.3, 0.4) is 0 Å². The quantitative estimate of drug-likeness (QED) is 0.559. The summed E-state index contributed by atoms with van der Waals surface area (Å²) in [5.74, 6) is 1.56. The first-order chi connectivity index (χ1) is 10.0. The molecule has 1 fully saturated rings. The molecular weight excluding hydrogens is 272 g/mol. The third-order valence-corrected chi connectivity index (χ3v) is 3.32. The second-order valence-corrected chi connectivity index (χ2v) is 5.52. The molecular formula is C13H24N6O2. The molecule has 1 aliphatic heterocycles. The number of hydrogen-bond donors (Lipinski definition) is 4. The summed E-state index contributed by atoms with van der Waals surface area (Å²) in [4.78, 5) is 15.2. The molecule has 2 heterocycles. The van der Waals surface area contributed by atoms with E-state index in [4.69, 9.17) is 5.11 Å². The lowest BCUT2D eigenvalue weighted by Crippen LogP contribution is -2.37. The van der Waals surface area contributed by atoms with E-state index in [1.54, 1.807) is 6.92 Å². The highest BCUT2D eigenvalue weighted by molar-refractivity contribution is 5.44. The molecule has 1 aromatic rings. The number of rotatable bonds is 7. The summed E-state index contributed by atoms with van der Waals surface area (Å²) < 4.78 is 0. The molecule has 0 saturated carbocycles. The van der Waals surface area contributed by atoms with Crippen LogP contribution in [0.25, 0.3) is 0 Å². The maximum Gasteiger partial charge on any atom is 0.231 e. The molecule has 4 N–H and O–H groups in total. The number of aliphatic hydroxyl groups excluding tert-OH is 1. The largest absolute Gasteiger partial charge is 0.393 e. The van der Waals surface area contributed by atoms with Crippen molar-refractivity contribution in [3.8, 4) is 0 Å². The highest BCUT2D eigenvalue weighted by Crippen LogP contribution is 2.18. The third kappa shape index (κ3) is 4.40. The lowest BCUT2D eigenvalue weighted by molar-refractivity contribution is 0.0131. The van der Waals surface area contributed by atoms with E-state index in [2.05, 4.69) is 30.5 Å². The molecule has 0 amide bonds. The van der Waals surface area contributed by atoms with Crippen LogP contribution in [0.2, 0.25) is 0 Å². The Hall–Kier alpha value is -1.67. The van der Waals surface area contributed by atoms with Crippen molar-refractivity contribution >= 4 is 17.8 Å². The standard InChI is InChI=1S/C13H24N6O2/c1-3-14-10-16-11(15-8-13(2,21)9-20)18-12(17-10)19-6-4-5-7-19/h20-21H,3-9H2,1-2H3,(H2,14,15,16,17,18). The van der Waals surface area contributed by atoms with Gasteiger partial charge in [0.2, 0.25) is 17.8 Å². The molecule has 0 radical (unpaired) electrons. The van der Waals surface area contributed by atoms with Crippen LogP contribution in [-0.4, -0.2) is 63.6 Å². The van der Waals surface area contributed by atoms with Crippen molar-refractivity contribution in [1.29, 1.82) is 0 Å². The number of hydrogen-bond acceptors (Lipinski definition) is 8. The lowest BCUT2D eigenvalue weighted by atomic mass is 10.1. The molecule has 1 atom stereocenters. The second kappa shape index (κ2) is 6.86. The molecule has 2 rings (SSSR count). The third-order valence-electron chi connectivity index (χ3n) is 3.32. The van der Waals surface area contributed by atoms with Crippen molar-refractivity contribution in [2.75, 3.05) is 48.3 Å². The van der Waals surface area contributed by atoms with Gasteiger partial charge in [-0.1, -0.05) is 0 Å². The Labute approximate surface area is 124 Å². The maximum atomic E-state index is 9.83. The Morgan fingerprint density at radius 2 is 1.76 bits per heavy atom. The van der Waals surface area contributed by atoms with Crippen LogP contribution in [0, 0.1) is 0 Å². The van der Waals surface area contributed by atoms with Gasteiger partial charge < -0.3 is 25.7 Å². The lowest BCUT2D eigenvalue weighted by Gasteiger charge is -2.21. The number of nitrogens with one attached hydrogen (secondary N) is 2. The smallest absolute Gasteiger partial charge is 0.231 e. The molecule has 1 aromatic heterocycles. The minimum Gasteiger partial charge on any atom is -0.393 e. The number of anilines is 3. The van der Waals surface area contributed by atoms with Gasteiger partial charge in [0.1, 0.15) is 5.60 Å². The van der Waals surface area contributed by atoms with Crippen molar-refractivity contribution in [2.45, 2.75) is 32.3 Å². The molecule has 118 valence electrons. The Morgan fingerprint density at radius 3 is 2.33 bits per heavy atom.